The molecule has 3 aromatic carbocycles. The van der Waals surface area contributed by atoms with Crippen LogP contribution in [-0.2, 0) is 6.42 Å². The van der Waals surface area contributed by atoms with Crippen LogP contribution in [-0.4, -0.2) is 30.5 Å². The maximum absolute atomic E-state index is 13.2. The first-order chi connectivity index (χ1) is 18.6. The van der Waals surface area contributed by atoms with Gasteiger partial charge in [-0.15, -0.1) is 0 Å². The molecule has 1 amide bonds. The van der Waals surface area contributed by atoms with Gasteiger partial charge < -0.3 is 14.2 Å². The molecule has 1 aliphatic heterocycles. The van der Waals surface area contributed by atoms with Gasteiger partial charge >= 0.3 is 0 Å². The molecule has 0 bridgehead atoms. The highest BCUT2D eigenvalue weighted by Gasteiger charge is 2.15. The summed E-state index contributed by atoms with van der Waals surface area (Å²) in [6, 6.07) is 23.2. The number of unbranched alkanes of at least 4 members (excludes halogenated alkanes) is 1. The van der Waals surface area contributed by atoms with Crippen molar-refractivity contribution >= 4 is 23.0 Å². The number of para-hydroxylation sites is 1. The van der Waals surface area contributed by atoms with E-state index in [1.54, 1.807) is 6.21 Å². The fraction of sp³-hybridized carbons (Fsp3) is 0.258. The Hall–Kier alpha value is -4.39. The molecule has 0 fully saturated rings. The van der Waals surface area contributed by atoms with Crippen molar-refractivity contribution in [2.45, 2.75) is 33.1 Å². The first kappa shape index (κ1) is 25.3. The summed E-state index contributed by atoms with van der Waals surface area (Å²) in [5, 5.41) is 5.03. The number of pyridine rings is 1. The third-order valence-corrected chi connectivity index (χ3v) is 6.35. The number of carbonyl (C=O) groups excluding carboxylic acids is 1. The number of fused-ring (bicyclic) bond motifs is 2. The standard InChI is InChI=1S/C31H31N3O4/c1-3-4-14-36-24-9-7-8-23(17-24)28-18-26(25-10-5-6-11-27(25)33-28)31(35)34-32-19-21(2)15-22-12-13-29-30(16-22)38-20-37-29/h5-13,16-19,21H,3-4,14-15,20H2,1-2H3,(H,34,35)/b32-19+. The van der Waals surface area contributed by atoms with Crippen LogP contribution in [0.4, 0.5) is 0 Å². The van der Waals surface area contributed by atoms with Crippen LogP contribution in [0.3, 0.4) is 0 Å². The Morgan fingerprint density at radius 1 is 1.08 bits per heavy atom. The molecule has 4 aromatic rings. The van der Waals surface area contributed by atoms with Crippen LogP contribution in [0, 0.1) is 5.92 Å². The highest BCUT2D eigenvalue weighted by molar-refractivity contribution is 6.07. The van der Waals surface area contributed by atoms with E-state index in [4.69, 9.17) is 19.2 Å². The van der Waals surface area contributed by atoms with Crippen LogP contribution in [0.15, 0.2) is 77.9 Å². The molecular formula is C31H31N3O4. The van der Waals surface area contributed by atoms with Crippen molar-refractivity contribution in [1.29, 1.82) is 0 Å². The van der Waals surface area contributed by atoms with E-state index >= 15 is 0 Å². The highest BCUT2D eigenvalue weighted by atomic mass is 16.7. The van der Waals surface area contributed by atoms with Crippen molar-refractivity contribution in [2.75, 3.05) is 13.4 Å². The van der Waals surface area contributed by atoms with Crippen molar-refractivity contribution in [3.63, 3.8) is 0 Å². The van der Waals surface area contributed by atoms with E-state index in [0.29, 0.717) is 17.9 Å². The third kappa shape index (κ3) is 5.94. The van der Waals surface area contributed by atoms with Crippen LogP contribution >= 0.6 is 0 Å². The second kappa shape index (κ2) is 11.8. The minimum Gasteiger partial charge on any atom is -0.494 e. The zero-order valence-corrected chi connectivity index (χ0v) is 21.6. The maximum atomic E-state index is 13.2. The van der Waals surface area contributed by atoms with E-state index in [2.05, 4.69) is 24.4 Å². The maximum Gasteiger partial charge on any atom is 0.272 e. The second-order valence-electron chi connectivity index (χ2n) is 9.39. The second-order valence-corrected chi connectivity index (χ2v) is 9.39. The third-order valence-electron chi connectivity index (χ3n) is 6.35. The molecular weight excluding hydrogens is 478 g/mol. The number of nitrogens with one attached hydrogen (secondary N) is 1. The number of nitrogens with zero attached hydrogens (tertiary/aromatic N) is 2. The van der Waals surface area contributed by atoms with Crippen LogP contribution in [0.25, 0.3) is 22.2 Å². The van der Waals surface area contributed by atoms with Gasteiger partial charge in [0.25, 0.3) is 5.91 Å². The molecule has 1 aliphatic rings. The molecule has 2 heterocycles. The van der Waals surface area contributed by atoms with E-state index < -0.39 is 0 Å². The number of hydrogen-bond acceptors (Lipinski definition) is 6. The van der Waals surface area contributed by atoms with Gasteiger partial charge in [0.1, 0.15) is 5.75 Å². The molecule has 194 valence electrons. The quantitative estimate of drug-likeness (QED) is 0.152. The summed E-state index contributed by atoms with van der Waals surface area (Å²) in [7, 11) is 0. The fourth-order valence-corrected chi connectivity index (χ4v) is 4.37. The van der Waals surface area contributed by atoms with Crippen molar-refractivity contribution in [3.8, 4) is 28.5 Å². The predicted octanol–water partition coefficient (Wildman–Crippen LogP) is 6.40. The Balaban J connectivity index is 1.31. The molecule has 38 heavy (non-hydrogen) atoms. The molecule has 0 saturated carbocycles. The summed E-state index contributed by atoms with van der Waals surface area (Å²) in [6.45, 7) is 5.11. The molecule has 0 saturated heterocycles. The van der Waals surface area contributed by atoms with Gasteiger partial charge in [0.05, 0.1) is 23.4 Å². The lowest BCUT2D eigenvalue weighted by Gasteiger charge is -2.11. The first-order valence-corrected chi connectivity index (χ1v) is 13.0. The summed E-state index contributed by atoms with van der Waals surface area (Å²) in [4.78, 5) is 18.1. The van der Waals surface area contributed by atoms with Gasteiger partial charge in [-0.3, -0.25) is 4.79 Å². The molecule has 0 radical (unpaired) electrons. The lowest BCUT2D eigenvalue weighted by molar-refractivity contribution is 0.0956. The van der Waals surface area contributed by atoms with Crippen molar-refractivity contribution < 1.29 is 19.0 Å². The van der Waals surface area contributed by atoms with Gasteiger partial charge in [0.2, 0.25) is 6.79 Å². The van der Waals surface area contributed by atoms with Crippen molar-refractivity contribution in [3.05, 3.63) is 83.9 Å². The Bertz CT molecular complexity index is 1470. The van der Waals surface area contributed by atoms with E-state index in [1.807, 2.05) is 72.8 Å². The molecule has 7 heteroatoms. The van der Waals surface area contributed by atoms with Gasteiger partial charge in [0.15, 0.2) is 11.5 Å². The van der Waals surface area contributed by atoms with Gasteiger partial charge in [-0.05, 0) is 60.7 Å². The molecule has 5 rings (SSSR count). The lowest BCUT2D eigenvalue weighted by atomic mass is 10.0. The van der Waals surface area contributed by atoms with Crippen molar-refractivity contribution in [1.82, 2.24) is 10.4 Å². The minimum absolute atomic E-state index is 0.107. The van der Waals surface area contributed by atoms with Crippen molar-refractivity contribution in [2.24, 2.45) is 11.0 Å². The summed E-state index contributed by atoms with van der Waals surface area (Å²) < 4.78 is 16.7. The van der Waals surface area contributed by atoms with Crippen LogP contribution in [0.2, 0.25) is 0 Å². The summed E-state index contributed by atoms with van der Waals surface area (Å²) in [5.74, 6) is 2.14. The Morgan fingerprint density at radius 2 is 1.95 bits per heavy atom. The summed E-state index contributed by atoms with van der Waals surface area (Å²) in [5.41, 5.74) is 6.68. The molecule has 1 unspecified atom stereocenters. The fourth-order valence-electron chi connectivity index (χ4n) is 4.37. The highest BCUT2D eigenvalue weighted by Crippen LogP contribution is 2.33. The molecule has 0 aliphatic carbocycles. The number of hydrogen-bond donors (Lipinski definition) is 1. The zero-order valence-electron chi connectivity index (χ0n) is 21.6. The first-order valence-electron chi connectivity index (χ1n) is 13.0. The zero-order chi connectivity index (χ0) is 26.3. The molecule has 1 N–H and O–H groups in total. The van der Waals surface area contributed by atoms with E-state index in [9.17, 15) is 4.79 Å². The normalized spacial score (nSPS) is 13.1. The molecule has 1 atom stereocenters. The van der Waals surface area contributed by atoms with Gasteiger partial charge in [-0.1, -0.05) is 56.7 Å². The lowest BCUT2D eigenvalue weighted by Crippen LogP contribution is -2.19. The average molecular weight is 510 g/mol. The number of ether oxygens (including phenoxy) is 3. The van der Waals surface area contributed by atoms with Crippen LogP contribution in [0.1, 0.15) is 42.6 Å². The topological polar surface area (TPSA) is 82.0 Å². The SMILES string of the molecule is CCCCOc1cccc(-c2cc(C(=O)N/N=C/C(C)Cc3ccc4c(c3)OCO4)c3ccccc3n2)c1. The van der Waals surface area contributed by atoms with E-state index in [-0.39, 0.29) is 18.6 Å². The Labute approximate surface area is 222 Å². The monoisotopic (exact) mass is 509 g/mol. The molecule has 7 nitrogen and oxygen atoms in total. The number of benzene rings is 3. The number of carbonyl (C=O) groups is 1. The molecule has 0 spiro atoms. The Kier molecular flexibility index (Phi) is 7.83. The van der Waals surface area contributed by atoms with E-state index in [0.717, 1.165) is 58.5 Å². The summed E-state index contributed by atoms with van der Waals surface area (Å²) in [6.07, 6.45) is 4.58. The summed E-state index contributed by atoms with van der Waals surface area (Å²) >= 11 is 0. The average Bonchev–Trinajstić information content (AvgIpc) is 3.41. The number of rotatable bonds is 10. The largest absolute Gasteiger partial charge is 0.494 e. The van der Waals surface area contributed by atoms with Gasteiger partial charge in [-0.25, -0.2) is 10.4 Å². The van der Waals surface area contributed by atoms with Gasteiger partial charge in [0, 0.05) is 17.2 Å². The smallest absolute Gasteiger partial charge is 0.272 e. The minimum atomic E-state index is -0.285. The number of amides is 1. The van der Waals surface area contributed by atoms with Crippen LogP contribution in [0.5, 0.6) is 17.2 Å². The number of aromatic nitrogens is 1. The number of hydrazone groups is 1. The Morgan fingerprint density at radius 3 is 2.84 bits per heavy atom. The predicted molar refractivity (Wildman–Crippen MR) is 149 cm³/mol. The van der Waals surface area contributed by atoms with Crippen LogP contribution < -0.4 is 19.6 Å². The molecule has 1 aromatic heterocycles. The van der Waals surface area contributed by atoms with E-state index in [1.165, 1.54) is 0 Å². The van der Waals surface area contributed by atoms with Gasteiger partial charge in [-0.2, -0.15) is 5.10 Å².